The molecule has 1 aliphatic carbocycles. The lowest BCUT2D eigenvalue weighted by molar-refractivity contribution is 0.613. The van der Waals surface area contributed by atoms with Gasteiger partial charge in [-0.1, -0.05) is 42.7 Å². The minimum absolute atomic E-state index is 0. The van der Waals surface area contributed by atoms with Crippen LogP contribution in [0, 0.1) is 6.92 Å². The van der Waals surface area contributed by atoms with Crippen LogP contribution in [0.5, 0.6) is 0 Å². The van der Waals surface area contributed by atoms with Crippen molar-refractivity contribution in [1.82, 2.24) is 10.6 Å². The highest BCUT2D eigenvalue weighted by atomic mass is 127. The Morgan fingerprint density at radius 3 is 2.68 bits per heavy atom. The number of nitrogens with one attached hydrogen (secondary N) is 2. The molecule has 2 N–H and O–H groups in total. The normalized spacial score (nSPS) is 16.0. The van der Waals surface area contributed by atoms with E-state index in [9.17, 15) is 0 Å². The smallest absolute Gasteiger partial charge is 0.191 e. The maximum absolute atomic E-state index is 4.28. The summed E-state index contributed by atoms with van der Waals surface area (Å²) >= 11 is 0. The van der Waals surface area contributed by atoms with Gasteiger partial charge in [0.15, 0.2) is 5.96 Å². The predicted octanol–water partition coefficient (Wildman–Crippen LogP) is 3.22. The molecule has 0 heterocycles. The van der Waals surface area contributed by atoms with E-state index in [1.165, 1.54) is 36.8 Å². The summed E-state index contributed by atoms with van der Waals surface area (Å²) in [7, 11) is 1.83. The van der Waals surface area contributed by atoms with Crippen molar-refractivity contribution in [2.24, 2.45) is 4.99 Å². The van der Waals surface area contributed by atoms with Crippen LogP contribution >= 0.6 is 24.0 Å². The van der Waals surface area contributed by atoms with E-state index in [-0.39, 0.29) is 24.0 Å². The molecule has 4 heteroatoms. The lowest BCUT2D eigenvalue weighted by Gasteiger charge is -2.16. The molecule has 1 saturated carbocycles. The lowest BCUT2D eigenvalue weighted by Crippen LogP contribution is -2.41. The molecule has 0 spiro atoms. The Balaban J connectivity index is 0.00000180. The van der Waals surface area contributed by atoms with Crippen LogP contribution in [0.2, 0.25) is 0 Å². The van der Waals surface area contributed by atoms with Gasteiger partial charge >= 0.3 is 0 Å². The number of aryl methyl sites for hydroxylation is 1. The summed E-state index contributed by atoms with van der Waals surface area (Å²) in [5.74, 6) is 0.920. The largest absolute Gasteiger partial charge is 0.354 e. The highest BCUT2D eigenvalue weighted by molar-refractivity contribution is 14.0. The lowest BCUT2D eigenvalue weighted by atomic mass is 10.1. The number of guanidine groups is 1. The van der Waals surface area contributed by atoms with E-state index in [1.54, 1.807) is 0 Å². The quantitative estimate of drug-likeness (QED) is 0.485. The van der Waals surface area contributed by atoms with Crippen LogP contribution < -0.4 is 10.6 Å². The van der Waals surface area contributed by atoms with Crippen LogP contribution in [0.3, 0.4) is 0 Å². The van der Waals surface area contributed by atoms with Gasteiger partial charge in [-0.25, -0.2) is 0 Å². The Morgan fingerprint density at radius 2 is 2.05 bits per heavy atom. The number of hydrogen-bond donors (Lipinski definition) is 2. The van der Waals surface area contributed by atoms with Crippen molar-refractivity contribution < 1.29 is 0 Å². The van der Waals surface area contributed by atoms with Crippen LogP contribution in [-0.4, -0.2) is 19.0 Å². The molecule has 2 rings (SSSR count). The molecule has 1 fully saturated rings. The monoisotopic (exact) mass is 373 g/mol. The zero-order valence-electron chi connectivity index (χ0n) is 11.8. The van der Waals surface area contributed by atoms with Gasteiger partial charge in [0.2, 0.25) is 0 Å². The summed E-state index contributed by atoms with van der Waals surface area (Å²) in [5.41, 5.74) is 2.59. The fourth-order valence-electron chi connectivity index (χ4n) is 2.47. The number of aliphatic imine (C=N–C) groups is 1. The molecule has 0 atom stereocenters. The topological polar surface area (TPSA) is 36.4 Å². The average molecular weight is 373 g/mol. The van der Waals surface area contributed by atoms with Gasteiger partial charge in [-0.05, 0) is 25.3 Å². The Bertz CT molecular complexity index is 412. The standard InChI is InChI=1S/C15H23N3.HI/c1-12-6-5-7-13(10-12)11-17-15(16-2)18-14-8-3-4-9-14;/h5-7,10,14H,3-4,8-9,11H2,1-2H3,(H2,16,17,18);1H. The highest BCUT2D eigenvalue weighted by Crippen LogP contribution is 2.17. The molecule has 0 bridgehead atoms. The van der Waals surface area contributed by atoms with Crippen molar-refractivity contribution in [3.63, 3.8) is 0 Å². The Morgan fingerprint density at radius 1 is 1.32 bits per heavy atom. The van der Waals surface area contributed by atoms with E-state index < -0.39 is 0 Å². The SMILES string of the molecule is CN=C(NCc1cccc(C)c1)NC1CCCC1.I. The Labute approximate surface area is 133 Å². The van der Waals surface area contributed by atoms with Gasteiger partial charge in [-0.15, -0.1) is 24.0 Å². The zero-order valence-corrected chi connectivity index (χ0v) is 14.1. The minimum atomic E-state index is 0. The molecular weight excluding hydrogens is 349 g/mol. The second kappa shape index (κ2) is 8.40. The molecule has 1 aromatic rings. The molecule has 1 aliphatic rings. The third kappa shape index (κ3) is 5.38. The summed E-state index contributed by atoms with van der Waals surface area (Å²) in [4.78, 5) is 4.28. The van der Waals surface area contributed by atoms with Crippen molar-refractivity contribution in [3.05, 3.63) is 35.4 Å². The van der Waals surface area contributed by atoms with Crippen molar-refractivity contribution in [1.29, 1.82) is 0 Å². The first-order valence-electron chi connectivity index (χ1n) is 6.80. The average Bonchev–Trinajstić information content (AvgIpc) is 2.87. The summed E-state index contributed by atoms with van der Waals surface area (Å²) in [6.07, 6.45) is 5.22. The molecular formula is C15H24IN3. The first-order chi connectivity index (χ1) is 8.78. The van der Waals surface area contributed by atoms with E-state index in [4.69, 9.17) is 0 Å². The Hall–Kier alpha value is -0.780. The zero-order chi connectivity index (χ0) is 12.8. The first kappa shape index (κ1) is 16.3. The van der Waals surface area contributed by atoms with Gasteiger partial charge in [-0.2, -0.15) is 0 Å². The molecule has 3 nitrogen and oxygen atoms in total. The van der Waals surface area contributed by atoms with Gasteiger partial charge in [-0.3, -0.25) is 4.99 Å². The third-order valence-corrected chi connectivity index (χ3v) is 3.46. The fraction of sp³-hybridized carbons (Fsp3) is 0.533. The number of rotatable bonds is 3. The maximum atomic E-state index is 4.28. The number of nitrogens with zero attached hydrogens (tertiary/aromatic N) is 1. The van der Waals surface area contributed by atoms with Crippen molar-refractivity contribution >= 4 is 29.9 Å². The van der Waals surface area contributed by atoms with Gasteiger partial charge < -0.3 is 10.6 Å². The summed E-state index contributed by atoms with van der Waals surface area (Å²) in [6, 6.07) is 9.17. The maximum Gasteiger partial charge on any atom is 0.191 e. The second-order valence-electron chi connectivity index (χ2n) is 5.04. The number of benzene rings is 1. The van der Waals surface area contributed by atoms with Crippen molar-refractivity contribution in [2.45, 2.75) is 45.2 Å². The van der Waals surface area contributed by atoms with Crippen LogP contribution in [0.25, 0.3) is 0 Å². The molecule has 0 saturated heterocycles. The molecule has 0 aliphatic heterocycles. The van der Waals surface area contributed by atoms with Crippen LogP contribution in [0.4, 0.5) is 0 Å². The summed E-state index contributed by atoms with van der Waals surface area (Å²) in [5, 5.41) is 6.87. The predicted molar refractivity (Wildman–Crippen MR) is 92.2 cm³/mol. The van der Waals surface area contributed by atoms with E-state index in [2.05, 4.69) is 46.8 Å². The molecule has 1 aromatic carbocycles. The molecule has 0 aromatic heterocycles. The fourth-order valence-corrected chi connectivity index (χ4v) is 2.47. The van der Waals surface area contributed by atoms with Gasteiger partial charge in [0.1, 0.15) is 0 Å². The van der Waals surface area contributed by atoms with Crippen LogP contribution in [0.15, 0.2) is 29.3 Å². The summed E-state index contributed by atoms with van der Waals surface area (Å²) < 4.78 is 0. The molecule has 0 amide bonds. The number of halogens is 1. The van der Waals surface area contributed by atoms with E-state index >= 15 is 0 Å². The van der Waals surface area contributed by atoms with E-state index in [0.717, 1.165) is 12.5 Å². The summed E-state index contributed by atoms with van der Waals surface area (Å²) in [6.45, 7) is 2.95. The van der Waals surface area contributed by atoms with E-state index in [0.29, 0.717) is 6.04 Å². The molecule has 0 unspecified atom stereocenters. The number of hydrogen-bond acceptors (Lipinski definition) is 1. The highest BCUT2D eigenvalue weighted by Gasteiger charge is 2.15. The third-order valence-electron chi connectivity index (χ3n) is 3.46. The van der Waals surface area contributed by atoms with Crippen LogP contribution in [-0.2, 0) is 6.54 Å². The molecule has 19 heavy (non-hydrogen) atoms. The van der Waals surface area contributed by atoms with Gasteiger partial charge in [0.25, 0.3) is 0 Å². The van der Waals surface area contributed by atoms with Crippen LogP contribution in [0.1, 0.15) is 36.8 Å². The Kier molecular flexibility index (Phi) is 7.20. The van der Waals surface area contributed by atoms with Gasteiger partial charge in [0.05, 0.1) is 0 Å². The van der Waals surface area contributed by atoms with Crippen molar-refractivity contribution in [3.8, 4) is 0 Å². The molecule has 106 valence electrons. The van der Waals surface area contributed by atoms with Gasteiger partial charge in [0, 0.05) is 19.6 Å². The minimum Gasteiger partial charge on any atom is -0.354 e. The van der Waals surface area contributed by atoms with E-state index in [1.807, 2.05) is 7.05 Å². The molecule has 0 radical (unpaired) electrons. The first-order valence-corrected chi connectivity index (χ1v) is 6.80. The van der Waals surface area contributed by atoms with Crippen molar-refractivity contribution in [2.75, 3.05) is 7.05 Å². The second-order valence-corrected chi connectivity index (χ2v) is 5.04.